The van der Waals surface area contributed by atoms with Crippen LogP contribution < -0.4 is 0 Å². The van der Waals surface area contributed by atoms with E-state index < -0.39 is 17.5 Å². The summed E-state index contributed by atoms with van der Waals surface area (Å²) in [6.07, 6.45) is 1.33. The molecule has 4 heteroatoms. The monoisotopic (exact) mass is 280 g/mol. The van der Waals surface area contributed by atoms with Gasteiger partial charge >= 0.3 is 11.9 Å². The van der Waals surface area contributed by atoms with Gasteiger partial charge in [-0.1, -0.05) is 27.7 Å². The lowest BCUT2D eigenvalue weighted by Gasteiger charge is -2.31. The zero-order valence-electron chi connectivity index (χ0n) is 12.7. The molecule has 3 rings (SSSR count). The molecule has 0 radical (unpaired) electrons. The Morgan fingerprint density at radius 1 is 1.25 bits per heavy atom. The molecule has 0 aromatic rings. The molecule has 1 saturated heterocycles. The number of hydrogen-bond donors (Lipinski definition) is 0. The zero-order chi connectivity index (χ0) is 14.7. The number of carbonyl (C=O) groups excluding carboxylic acids is 2. The summed E-state index contributed by atoms with van der Waals surface area (Å²) >= 11 is 0. The van der Waals surface area contributed by atoms with Crippen LogP contribution in [0.2, 0.25) is 0 Å². The number of cyclic esters (lactones) is 1. The van der Waals surface area contributed by atoms with Crippen LogP contribution in [0.3, 0.4) is 0 Å². The molecule has 3 fully saturated rings. The molecule has 0 N–H and O–H groups in total. The third-order valence-electron chi connectivity index (χ3n) is 5.94. The number of hydrogen-bond acceptors (Lipinski definition) is 4. The van der Waals surface area contributed by atoms with E-state index in [9.17, 15) is 9.59 Å². The second-order valence-electron chi connectivity index (χ2n) is 7.63. The highest BCUT2D eigenvalue weighted by Crippen LogP contribution is 2.55. The van der Waals surface area contributed by atoms with Crippen LogP contribution in [0.15, 0.2) is 0 Å². The fourth-order valence-corrected chi connectivity index (χ4v) is 4.35. The standard InChI is InChI=1S/C16H24O4/c1-8-9(2)11-5-10(8)6-12(11)14(17)20-13-15(18)19-7-16(13,3)4/h8-13H,5-7H2,1-4H3. The first-order valence-corrected chi connectivity index (χ1v) is 7.68. The van der Waals surface area contributed by atoms with E-state index in [1.54, 1.807) is 0 Å². The first-order valence-electron chi connectivity index (χ1n) is 7.68. The lowest BCUT2D eigenvalue weighted by atomic mass is 9.76. The van der Waals surface area contributed by atoms with Crippen LogP contribution >= 0.6 is 0 Å². The second kappa shape index (κ2) is 4.47. The van der Waals surface area contributed by atoms with Crippen molar-refractivity contribution in [1.82, 2.24) is 0 Å². The summed E-state index contributed by atoms with van der Waals surface area (Å²) in [4.78, 5) is 24.2. The number of rotatable bonds is 2. The van der Waals surface area contributed by atoms with Gasteiger partial charge in [-0.2, -0.15) is 0 Å². The molecule has 1 heterocycles. The summed E-state index contributed by atoms with van der Waals surface area (Å²) in [5.74, 6) is 1.77. The summed E-state index contributed by atoms with van der Waals surface area (Å²) in [5, 5.41) is 0. The predicted octanol–water partition coefficient (Wildman–Crippen LogP) is 2.41. The van der Waals surface area contributed by atoms with Gasteiger partial charge in [-0.05, 0) is 36.5 Å². The summed E-state index contributed by atoms with van der Waals surface area (Å²) in [7, 11) is 0. The van der Waals surface area contributed by atoms with Gasteiger partial charge in [0.1, 0.15) is 6.61 Å². The summed E-state index contributed by atoms with van der Waals surface area (Å²) in [6.45, 7) is 8.66. The van der Waals surface area contributed by atoms with Gasteiger partial charge in [-0.15, -0.1) is 0 Å². The highest BCUT2D eigenvalue weighted by molar-refractivity contribution is 5.82. The van der Waals surface area contributed by atoms with E-state index in [4.69, 9.17) is 9.47 Å². The number of ether oxygens (including phenoxy) is 2. The minimum absolute atomic E-state index is 0.0181. The SMILES string of the molecule is CC1C2CC(C(=O)OC3C(=O)OCC3(C)C)C(C2)C1C. The quantitative estimate of drug-likeness (QED) is 0.729. The van der Waals surface area contributed by atoms with Crippen molar-refractivity contribution in [2.75, 3.05) is 6.61 Å². The van der Waals surface area contributed by atoms with Crippen LogP contribution in [0.25, 0.3) is 0 Å². The maximum absolute atomic E-state index is 12.4. The molecular formula is C16H24O4. The molecule has 2 aliphatic carbocycles. The molecule has 4 nitrogen and oxygen atoms in total. The van der Waals surface area contributed by atoms with E-state index in [1.165, 1.54) is 0 Å². The molecule has 1 aliphatic heterocycles. The Kier molecular flexibility index (Phi) is 3.11. The van der Waals surface area contributed by atoms with E-state index in [0.717, 1.165) is 12.8 Å². The Balaban J connectivity index is 1.68. The summed E-state index contributed by atoms with van der Waals surface area (Å²) in [5.41, 5.74) is -0.413. The van der Waals surface area contributed by atoms with Gasteiger partial charge in [-0.3, -0.25) is 4.79 Å². The third-order valence-corrected chi connectivity index (χ3v) is 5.94. The van der Waals surface area contributed by atoms with Crippen LogP contribution in [0.4, 0.5) is 0 Å². The maximum atomic E-state index is 12.4. The lowest BCUT2D eigenvalue weighted by molar-refractivity contribution is -0.168. The van der Waals surface area contributed by atoms with Gasteiger partial charge in [0.2, 0.25) is 6.10 Å². The van der Waals surface area contributed by atoms with Crippen molar-refractivity contribution in [1.29, 1.82) is 0 Å². The first-order chi connectivity index (χ1) is 9.31. The van der Waals surface area contributed by atoms with Crippen LogP contribution in [-0.4, -0.2) is 24.6 Å². The van der Waals surface area contributed by atoms with Crippen molar-refractivity contribution in [2.24, 2.45) is 35.0 Å². The highest BCUT2D eigenvalue weighted by Gasteiger charge is 2.54. The average Bonchev–Trinajstić information content (AvgIpc) is 3.00. The van der Waals surface area contributed by atoms with Crippen molar-refractivity contribution < 1.29 is 19.1 Å². The number of carbonyl (C=O) groups is 2. The Labute approximate surface area is 120 Å². The molecule has 112 valence electrons. The third kappa shape index (κ3) is 1.95. The Morgan fingerprint density at radius 3 is 2.45 bits per heavy atom. The Hall–Kier alpha value is -1.06. The molecule has 2 bridgehead atoms. The highest BCUT2D eigenvalue weighted by atomic mass is 16.6. The average molecular weight is 280 g/mol. The first kappa shape index (κ1) is 13.9. The molecule has 0 amide bonds. The van der Waals surface area contributed by atoms with Crippen LogP contribution in [0.5, 0.6) is 0 Å². The number of esters is 2. The van der Waals surface area contributed by atoms with Crippen LogP contribution in [0.1, 0.15) is 40.5 Å². The molecule has 20 heavy (non-hydrogen) atoms. The van der Waals surface area contributed by atoms with E-state index in [0.29, 0.717) is 30.3 Å². The van der Waals surface area contributed by atoms with Crippen LogP contribution in [-0.2, 0) is 19.1 Å². The molecular weight excluding hydrogens is 256 g/mol. The van der Waals surface area contributed by atoms with Gasteiger partial charge in [0.25, 0.3) is 0 Å². The predicted molar refractivity (Wildman–Crippen MR) is 72.7 cm³/mol. The molecule has 0 spiro atoms. The van der Waals surface area contributed by atoms with Gasteiger partial charge < -0.3 is 9.47 Å². The summed E-state index contributed by atoms with van der Waals surface area (Å²) in [6, 6.07) is 0. The van der Waals surface area contributed by atoms with Gasteiger partial charge in [0.05, 0.1) is 5.92 Å². The Morgan fingerprint density at radius 2 is 1.95 bits per heavy atom. The lowest BCUT2D eigenvalue weighted by Crippen LogP contribution is -2.39. The van der Waals surface area contributed by atoms with E-state index in [1.807, 2.05) is 13.8 Å². The van der Waals surface area contributed by atoms with Gasteiger partial charge in [-0.25, -0.2) is 4.79 Å². The second-order valence-corrected chi connectivity index (χ2v) is 7.63. The Bertz CT molecular complexity index is 440. The molecule has 3 aliphatic rings. The number of fused-ring (bicyclic) bond motifs is 2. The van der Waals surface area contributed by atoms with Crippen molar-refractivity contribution in [3.05, 3.63) is 0 Å². The fourth-order valence-electron chi connectivity index (χ4n) is 4.35. The van der Waals surface area contributed by atoms with E-state index in [2.05, 4.69) is 13.8 Å². The summed E-state index contributed by atoms with van der Waals surface area (Å²) < 4.78 is 10.6. The normalized spacial score (nSPS) is 45.5. The molecule has 6 atom stereocenters. The van der Waals surface area contributed by atoms with Crippen LogP contribution in [0, 0.1) is 35.0 Å². The molecule has 0 aromatic carbocycles. The van der Waals surface area contributed by atoms with Gasteiger partial charge in [0, 0.05) is 5.41 Å². The fraction of sp³-hybridized carbons (Fsp3) is 0.875. The molecule has 6 unspecified atom stereocenters. The van der Waals surface area contributed by atoms with E-state index in [-0.39, 0.29) is 11.9 Å². The van der Waals surface area contributed by atoms with Crippen molar-refractivity contribution >= 4 is 11.9 Å². The maximum Gasteiger partial charge on any atom is 0.348 e. The van der Waals surface area contributed by atoms with Crippen molar-refractivity contribution in [3.8, 4) is 0 Å². The smallest absolute Gasteiger partial charge is 0.348 e. The largest absolute Gasteiger partial charge is 0.462 e. The topological polar surface area (TPSA) is 52.6 Å². The van der Waals surface area contributed by atoms with E-state index >= 15 is 0 Å². The zero-order valence-corrected chi connectivity index (χ0v) is 12.7. The van der Waals surface area contributed by atoms with Gasteiger partial charge in [0.15, 0.2) is 0 Å². The minimum atomic E-state index is -0.734. The van der Waals surface area contributed by atoms with Crippen molar-refractivity contribution in [2.45, 2.75) is 46.6 Å². The molecule has 0 aromatic heterocycles. The molecule has 2 saturated carbocycles. The minimum Gasteiger partial charge on any atom is -0.462 e. The van der Waals surface area contributed by atoms with Crippen molar-refractivity contribution in [3.63, 3.8) is 0 Å².